The molecule has 1 aromatic carbocycles. The standard InChI is InChI=1S/C13H18BClO4S/c1-12(2)13(3,4)19-14(18-12)9-6-10(15)8-11(7-9)20(5,16)17/h6-8H,1-5H3. The highest BCUT2D eigenvalue weighted by Crippen LogP contribution is 2.36. The van der Waals surface area contributed by atoms with Gasteiger partial charge < -0.3 is 9.31 Å². The van der Waals surface area contributed by atoms with Crippen molar-refractivity contribution in [2.45, 2.75) is 43.8 Å². The second kappa shape index (κ2) is 4.73. The smallest absolute Gasteiger partial charge is 0.399 e. The van der Waals surface area contributed by atoms with Crippen LogP contribution in [0.5, 0.6) is 0 Å². The van der Waals surface area contributed by atoms with Crippen LogP contribution in [0.25, 0.3) is 0 Å². The first kappa shape index (κ1) is 15.8. The lowest BCUT2D eigenvalue weighted by atomic mass is 9.79. The first-order valence-corrected chi connectivity index (χ1v) is 8.55. The van der Waals surface area contributed by atoms with Crippen LogP contribution < -0.4 is 5.46 Å². The van der Waals surface area contributed by atoms with Crippen molar-refractivity contribution in [1.29, 1.82) is 0 Å². The van der Waals surface area contributed by atoms with E-state index in [1.165, 1.54) is 6.07 Å². The van der Waals surface area contributed by atoms with Crippen LogP contribution in [-0.4, -0.2) is 33.0 Å². The normalized spacial score (nSPS) is 21.2. The third kappa shape index (κ3) is 2.88. The molecule has 1 fully saturated rings. The number of hydrogen-bond acceptors (Lipinski definition) is 4. The van der Waals surface area contributed by atoms with Gasteiger partial charge in [0.05, 0.1) is 16.1 Å². The van der Waals surface area contributed by atoms with Gasteiger partial charge in [-0.2, -0.15) is 0 Å². The van der Waals surface area contributed by atoms with Crippen LogP contribution in [0.1, 0.15) is 27.7 Å². The largest absolute Gasteiger partial charge is 0.494 e. The first-order chi connectivity index (χ1) is 8.92. The lowest BCUT2D eigenvalue weighted by Crippen LogP contribution is -2.41. The third-order valence-electron chi connectivity index (χ3n) is 3.85. The molecular formula is C13H18BClO4S. The van der Waals surface area contributed by atoms with E-state index in [9.17, 15) is 8.42 Å². The van der Waals surface area contributed by atoms with Gasteiger partial charge in [0.1, 0.15) is 0 Å². The summed E-state index contributed by atoms with van der Waals surface area (Å²) in [6.07, 6.45) is 1.15. The summed E-state index contributed by atoms with van der Waals surface area (Å²) in [6.45, 7) is 7.76. The molecule has 1 aliphatic rings. The lowest BCUT2D eigenvalue weighted by molar-refractivity contribution is 0.00578. The maximum absolute atomic E-state index is 11.7. The van der Waals surface area contributed by atoms with Crippen LogP contribution >= 0.6 is 11.6 Å². The molecule has 1 saturated heterocycles. The zero-order valence-electron chi connectivity index (χ0n) is 12.2. The average Bonchev–Trinajstić information content (AvgIpc) is 2.46. The molecular weight excluding hydrogens is 298 g/mol. The van der Waals surface area contributed by atoms with Crippen molar-refractivity contribution >= 4 is 34.0 Å². The van der Waals surface area contributed by atoms with Gasteiger partial charge in [0.15, 0.2) is 9.84 Å². The van der Waals surface area contributed by atoms with E-state index in [1.54, 1.807) is 12.1 Å². The molecule has 110 valence electrons. The van der Waals surface area contributed by atoms with Gasteiger partial charge in [0.25, 0.3) is 0 Å². The summed E-state index contributed by atoms with van der Waals surface area (Å²) >= 11 is 6.00. The van der Waals surface area contributed by atoms with Crippen molar-refractivity contribution in [2.75, 3.05) is 6.26 Å². The van der Waals surface area contributed by atoms with Crippen molar-refractivity contribution in [3.8, 4) is 0 Å². The molecule has 20 heavy (non-hydrogen) atoms. The molecule has 2 rings (SSSR count). The van der Waals surface area contributed by atoms with Gasteiger partial charge in [0.2, 0.25) is 0 Å². The second-order valence-corrected chi connectivity index (χ2v) is 8.53. The molecule has 0 bridgehead atoms. The Labute approximate surface area is 125 Å². The van der Waals surface area contributed by atoms with Gasteiger partial charge in [-0.15, -0.1) is 0 Å². The SMILES string of the molecule is CC1(C)OB(c2cc(Cl)cc(S(C)(=O)=O)c2)OC1(C)C. The van der Waals surface area contributed by atoms with Crippen LogP contribution in [-0.2, 0) is 19.1 Å². The minimum Gasteiger partial charge on any atom is -0.399 e. The number of rotatable bonds is 2. The van der Waals surface area contributed by atoms with E-state index >= 15 is 0 Å². The van der Waals surface area contributed by atoms with Gasteiger partial charge in [-0.25, -0.2) is 8.42 Å². The number of halogens is 1. The summed E-state index contributed by atoms with van der Waals surface area (Å²) in [5.41, 5.74) is -0.354. The maximum atomic E-state index is 11.7. The van der Waals surface area contributed by atoms with Gasteiger partial charge in [-0.3, -0.25) is 0 Å². The molecule has 0 radical (unpaired) electrons. The number of benzene rings is 1. The molecule has 0 saturated carbocycles. The highest BCUT2D eigenvalue weighted by atomic mass is 35.5. The van der Waals surface area contributed by atoms with E-state index in [1.807, 2.05) is 27.7 Å². The van der Waals surface area contributed by atoms with E-state index in [2.05, 4.69) is 0 Å². The molecule has 0 amide bonds. The topological polar surface area (TPSA) is 52.6 Å². The molecule has 1 aromatic rings. The summed E-state index contributed by atoms with van der Waals surface area (Å²) < 4.78 is 35.1. The number of sulfone groups is 1. The quantitative estimate of drug-likeness (QED) is 0.784. The molecule has 0 atom stereocenters. The monoisotopic (exact) mass is 316 g/mol. The molecule has 1 aliphatic heterocycles. The van der Waals surface area contributed by atoms with E-state index in [0.29, 0.717) is 10.5 Å². The maximum Gasteiger partial charge on any atom is 0.494 e. The summed E-state index contributed by atoms with van der Waals surface area (Å²) in [7, 11) is -3.96. The van der Waals surface area contributed by atoms with Crippen molar-refractivity contribution in [3.05, 3.63) is 23.2 Å². The Morgan fingerprint density at radius 3 is 2.00 bits per heavy atom. The zero-order chi connectivity index (χ0) is 15.3. The molecule has 0 spiro atoms. The first-order valence-electron chi connectivity index (χ1n) is 6.29. The molecule has 0 unspecified atom stereocenters. The van der Waals surface area contributed by atoms with Crippen molar-refractivity contribution in [2.24, 2.45) is 0 Å². The lowest BCUT2D eigenvalue weighted by Gasteiger charge is -2.32. The second-order valence-electron chi connectivity index (χ2n) is 6.08. The van der Waals surface area contributed by atoms with E-state index in [4.69, 9.17) is 20.9 Å². The van der Waals surface area contributed by atoms with Gasteiger partial charge in [0, 0.05) is 11.3 Å². The molecule has 4 nitrogen and oxygen atoms in total. The zero-order valence-corrected chi connectivity index (χ0v) is 13.8. The van der Waals surface area contributed by atoms with Crippen LogP contribution in [0.15, 0.2) is 23.1 Å². The highest BCUT2D eigenvalue weighted by molar-refractivity contribution is 7.90. The molecule has 0 aromatic heterocycles. The minimum absolute atomic E-state index is 0.162. The number of hydrogen-bond donors (Lipinski definition) is 0. The fourth-order valence-electron chi connectivity index (χ4n) is 1.91. The molecule has 0 N–H and O–H groups in total. The van der Waals surface area contributed by atoms with Crippen LogP contribution in [0.3, 0.4) is 0 Å². The highest BCUT2D eigenvalue weighted by Gasteiger charge is 2.51. The average molecular weight is 317 g/mol. The fourth-order valence-corrected chi connectivity index (χ4v) is 2.91. The van der Waals surface area contributed by atoms with Crippen molar-refractivity contribution < 1.29 is 17.7 Å². The summed E-state index contributed by atoms with van der Waals surface area (Å²) in [5.74, 6) is 0. The Hall–Kier alpha value is -0.555. The Bertz CT molecular complexity index is 624. The van der Waals surface area contributed by atoms with Crippen LogP contribution in [0.2, 0.25) is 5.02 Å². The van der Waals surface area contributed by atoms with Crippen molar-refractivity contribution in [1.82, 2.24) is 0 Å². The van der Waals surface area contributed by atoms with E-state index < -0.39 is 28.2 Å². The minimum atomic E-state index is -3.33. The fraction of sp³-hybridized carbons (Fsp3) is 0.538. The Kier molecular flexibility index (Phi) is 3.74. The summed E-state index contributed by atoms with van der Waals surface area (Å²) in [6, 6.07) is 4.63. The molecule has 0 aliphatic carbocycles. The Balaban J connectivity index is 2.44. The predicted molar refractivity (Wildman–Crippen MR) is 80.3 cm³/mol. The summed E-state index contributed by atoms with van der Waals surface area (Å²) in [5, 5.41) is 0.345. The predicted octanol–water partition coefficient (Wildman–Crippen LogP) is 2.04. The van der Waals surface area contributed by atoms with Gasteiger partial charge in [-0.05, 0) is 51.4 Å². The Morgan fingerprint density at radius 1 is 1.05 bits per heavy atom. The third-order valence-corrected chi connectivity index (χ3v) is 5.16. The molecule has 7 heteroatoms. The van der Waals surface area contributed by atoms with Crippen LogP contribution in [0, 0.1) is 0 Å². The van der Waals surface area contributed by atoms with Crippen LogP contribution in [0.4, 0.5) is 0 Å². The van der Waals surface area contributed by atoms with Crippen molar-refractivity contribution in [3.63, 3.8) is 0 Å². The van der Waals surface area contributed by atoms with Gasteiger partial charge >= 0.3 is 7.12 Å². The molecule has 1 heterocycles. The van der Waals surface area contributed by atoms with E-state index in [-0.39, 0.29) is 4.90 Å². The Morgan fingerprint density at radius 2 is 1.55 bits per heavy atom. The summed E-state index contributed by atoms with van der Waals surface area (Å²) in [4.78, 5) is 0.162. The van der Waals surface area contributed by atoms with E-state index in [0.717, 1.165) is 6.26 Å². The van der Waals surface area contributed by atoms with Gasteiger partial charge in [-0.1, -0.05) is 11.6 Å².